The number of halogens is 1. The molecule has 0 amide bonds. The molecule has 0 aliphatic carbocycles. The maximum atomic E-state index is 6.16. The minimum atomic E-state index is 0.0101. The van der Waals surface area contributed by atoms with Crippen LogP contribution in [0.2, 0.25) is 5.02 Å². The average Bonchev–Trinajstić information content (AvgIpc) is 3.41. The van der Waals surface area contributed by atoms with E-state index in [4.69, 9.17) is 21.6 Å². The van der Waals surface area contributed by atoms with Crippen molar-refractivity contribution in [1.82, 2.24) is 14.5 Å². The fraction of sp³-hybridized carbons (Fsp3) is 0.360. The highest BCUT2D eigenvalue weighted by molar-refractivity contribution is 8.14. The highest BCUT2D eigenvalue weighted by Crippen LogP contribution is 2.50. The number of nitrogens with zero attached hydrogens (tertiary/aromatic N) is 4. The number of pyridine rings is 1. The zero-order valence-corrected chi connectivity index (χ0v) is 19.9. The molecule has 1 fully saturated rings. The van der Waals surface area contributed by atoms with E-state index < -0.39 is 0 Å². The van der Waals surface area contributed by atoms with Gasteiger partial charge in [0.05, 0.1) is 11.7 Å². The van der Waals surface area contributed by atoms with Crippen molar-refractivity contribution in [2.75, 3.05) is 5.75 Å². The molecule has 1 saturated heterocycles. The second-order valence-corrected chi connectivity index (χ2v) is 9.78. The predicted octanol–water partition coefficient (Wildman–Crippen LogP) is 6.43. The van der Waals surface area contributed by atoms with Gasteiger partial charge in [-0.2, -0.15) is 0 Å². The van der Waals surface area contributed by atoms with Gasteiger partial charge in [-0.25, -0.2) is 0 Å². The lowest BCUT2D eigenvalue weighted by molar-refractivity contribution is 0.254. The first-order valence-electron chi connectivity index (χ1n) is 10.9. The van der Waals surface area contributed by atoms with Crippen LogP contribution in [0.3, 0.4) is 0 Å². The molecule has 0 unspecified atom stereocenters. The Morgan fingerprint density at radius 1 is 1.06 bits per heavy atom. The van der Waals surface area contributed by atoms with Crippen molar-refractivity contribution < 1.29 is 0 Å². The predicted molar refractivity (Wildman–Crippen MR) is 131 cm³/mol. The van der Waals surface area contributed by atoms with E-state index in [1.54, 1.807) is 0 Å². The lowest BCUT2D eigenvalue weighted by Gasteiger charge is -2.32. The Balaban J connectivity index is 1.68. The number of amidine groups is 1. The fourth-order valence-corrected chi connectivity index (χ4v) is 6.55. The topological polar surface area (TPSA) is 33.4 Å². The van der Waals surface area contributed by atoms with Gasteiger partial charge in [-0.3, -0.25) is 9.98 Å². The Morgan fingerprint density at radius 3 is 2.52 bits per heavy atom. The molecular weight excluding hydrogens is 424 g/mol. The summed E-state index contributed by atoms with van der Waals surface area (Å²) in [6, 6.07) is 14.9. The number of thioether (sulfide) groups is 1. The first kappa shape index (κ1) is 20.7. The van der Waals surface area contributed by atoms with Crippen LogP contribution in [0.25, 0.3) is 5.69 Å². The summed E-state index contributed by atoms with van der Waals surface area (Å²) in [5.41, 5.74) is 7.43. The summed E-state index contributed by atoms with van der Waals surface area (Å²) in [6.07, 6.45) is 3.00. The van der Waals surface area contributed by atoms with Crippen LogP contribution in [0.5, 0.6) is 0 Å². The lowest BCUT2D eigenvalue weighted by atomic mass is 9.92. The van der Waals surface area contributed by atoms with Crippen LogP contribution in [-0.2, 0) is 0 Å². The van der Waals surface area contributed by atoms with Gasteiger partial charge in [-0.05, 0) is 69.2 Å². The Bertz CT molecular complexity index is 1140. The second-order valence-electron chi connectivity index (χ2n) is 8.36. The zero-order chi connectivity index (χ0) is 21.7. The molecule has 31 heavy (non-hydrogen) atoms. The fourth-order valence-electron chi connectivity index (χ4n) is 5.08. The molecule has 0 N–H and O–H groups in total. The van der Waals surface area contributed by atoms with E-state index in [-0.39, 0.29) is 12.1 Å². The maximum Gasteiger partial charge on any atom is 0.160 e. The molecule has 2 aliphatic heterocycles. The number of fused-ring (bicyclic) bond motifs is 1. The summed E-state index contributed by atoms with van der Waals surface area (Å²) >= 11 is 8.05. The Morgan fingerprint density at radius 2 is 1.84 bits per heavy atom. The van der Waals surface area contributed by atoms with Crippen molar-refractivity contribution in [3.63, 3.8) is 0 Å². The van der Waals surface area contributed by atoms with Crippen molar-refractivity contribution in [2.24, 2.45) is 4.99 Å². The van der Waals surface area contributed by atoms with Crippen molar-refractivity contribution in [3.8, 4) is 5.69 Å². The van der Waals surface area contributed by atoms with Gasteiger partial charge >= 0.3 is 0 Å². The van der Waals surface area contributed by atoms with Gasteiger partial charge in [0.2, 0.25) is 0 Å². The zero-order valence-electron chi connectivity index (χ0n) is 18.3. The number of hydrogen-bond acceptors (Lipinski definition) is 4. The van der Waals surface area contributed by atoms with Crippen LogP contribution in [0.1, 0.15) is 53.6 Å². The van der Waals surface area contributed by atoms with E-state index in [1.165, 1.54) is 27.7 Å². The summed E-state index contributed by atoms with van der Waals surface area (Å²) in [7, 11) is 0. The average molecular weight is 451 g/mol. The van der Waals surface area contributed by atoms with Gasteiger partial charge in [0, 0.05) is 45.7 Å². The van der Waals surface area contributed by atoms with Gasteiger partial charge in [0.1, 0.15) is 6.04 Å². The second kappa shape index (κ2) is 8.03. The minimum absolute atomic E-state index is 0.0101. The van der Waals surface area contributed by atoms with Crippen molar-refractivity contribution in [3.05, 3.63) is 81.9 Å². The third-order valence-electron chi connectivity index (χ3n) is 6.72. The molecule has 2 aliphatic rings. The van der Waals surface area contributed by atoms with Crippen molar-refractivity contribution >= 4 is 28.5 Å². The van der Waals surface area contributed by atoms with E-state index in [1.807, 2.05) is 36.2 Å². The summed E-state index contributed by atoms with van der Waals surface area (Å²) < 4.78 is 2.36. The molecule has 0 spiro atoms. The summed E-state index contributed by atoms with van der Waals surface area (Å²) in [5.74, 6) is 1.11. The molecule has 0 saturated carbocycles. The van der Waals surface area contributed by atoms with E-state index in [2.05, 4.69) is 61.4 Å². The molecule has 4 nitrogen and oxygen atoms in total. The third kappa shape index (κ3) is 3.30. The summed E-state index contributed by atoms with van der Waals surface area (Å²) in [4.78, 5) is 12.5. The maximum absolute atomic E-state index is 6.16. The Labute approximate surface area is 193 Å². The molecule has 6 heteroatoms. The largest absolute Gasteiger partial charge is 0.338 e. The number of benzene rings is 1. The number of aliphatic imine (C=N–C) groups is 1. The Kier molecular flexibility index (Phi) is 5.35. The number of rotatable bonds is 4. The first-order chi connectivity index (χ1) is 15.0. The van der Waals surface area contributed by atoms with Gasteiger partial charge in [0.15, 0.2) is 5.17 Å². The Hall–Kier alpha value is -2.24. The molecule has 0 radical (unpaired) electrons. The molecule has 160 valence electrons. The van der Waals surface area contributed by atoms with Crippen LogP contribution in [0, 0.1) is 20.8 Å². The smallest absolute Gasteiger partial charge is 0.160 e. The van der Waals surface area contributed by atoms with E-state index >= 15 is 0 Å². The standard InChI is InChI=1S/C25H27ClN4S/c1-5-19-14-31-25-28-23(21-8-6-7-13-27-21)24(30(19)25)22-15(2)16(3)29(17(22)4)20-11-9-18(26)10-12-20/h6-13,19,23-24H,5,14H2,1-4H3/t19-,23-,24+/m1/s1. The molecule has 1 aromatic carbocycles. The van der Waals surface area contributed by atoms with Gasteiger partial charge < -0.3 is 9.47 Å². The summed E-state index contributed by atoms with van der Waals surface area (Å²) in [5, 5.41) is 1.93. The highest BCUT2D eigenvalue weighted by Gasteiger charge is 2.47. The van der Waals surface area contributed by atoms with E-state index in [0.29, 0.717) is 6.04 Å². The molecular formula is C25H27ClN4S. The van der Waals surface area contributed by atoms with Gasteiger partial charge in [-0.1, -0.05) is 36.4 Å². The van der Waals surface area contributed by atoms with E-state index in [0.717, 1.165) is 28.6 Å². The SMILES string of the molecule is CC[C@@H]1CSC2=N[C@H](c3ccccn3)[C@H](c3c(C)c(C)n(-c4ccc(Cl)cc4)c3C)N21. The quantitative estimate of drug-likeness (QED) is 0.459. The lowest BCUT2D eigenvalue weighted by Crippen LogP contribution is -2.35. The summed E-state index contributed by atoms with van der Waals surface area (Å²) in [6.45, 7) is 8.98. The van der Waals surface area contributed by atoms with Crippen molar-refractivity contribution in [2.45, 2.75) is 52.2 Å². The van der Waals surface area contributed by atoms with Crippen LogP contribution in [-0.4, -0.2) is 31.4 Å². The normalized spacial score (nSPS) is 22.7. The molecule has 4 heterocycles. The van der Waals surface area contributed by atoms with Crippen LogP contribution < -0.4 is 0 Å². The first-order valence-corrected chi connectivity index (χ1v) is 12.2. The minimum Gasteiger partial charge on any atom is -0.338 e. The van der Waals surface area contributed by atoms with Gasteiger partial charge in [-0.15, -0.1) is 0 Å². The molecule has 0 bridgehead atoms. The molecule has 5 rings (SSSR count). The van der Waals surface area contributed by atoms with Crippen LogP contribution >= 0.6 is 23.4 Å². The number of hydrogen-bond donors (Lipinski definition) is 0. The van der Waals surface area contributed by atoms with E-state index in [9.17, 15) is 0 Å². The molecule has 3 aromatic rings. The monoisotopic (exact) mass is 450 g/mol. The third-order valence-corrected chi connectivity index (χ3v) is 8.10. The van der Waals surface area contributed by atoms with Crippen LogP contribution in [0.4, 0.5) is 0 Å². The highest BCUT2D eigenvalue weighted by atomic mass is 35.5. The van der Waals surface area contributed by atoms with Gasteiger partial charge in [0.25, 0.3) is 0 Å². The molecule has 2 aromatic heterocycles. The van der Waals surface area contributed by atoms with Crippen LogP contribution in [0.15, 0.2) is 53.7 Å². The van der Waals surface area contributed by atoms with Crippen molar-refractivity contribution in [1.29, 1.82) is 0 Å². The number of aromatic nitrogens is 2. The molecule has 3 atom stereocenters.